The Hall–Kier alpha value is -3.29. The zero-order valence-electron chi connectivity index (χ0n) is 14.6. The summed E-state index contributed by atoms with van der Waals surface area (Å²) in [7, 11) is 0. The predicted octanol–water partition coefficient (Wildman–Crippen LogP) is 5.23. The molecule has 0 bridgehead atoms. The van der Waals surface area contributed by atoms with Crippen molar-refractivity contribution in [3.8, 4) is 11.6 Å². The van der Waals surface area contributed by atoms with Crippen molar-refractivity contribution in [2.75, 3.05) is 11.1 Å². The first-order chi connectivity index (χ1) is 12.7. The zero-order valence-corrected chi connectivity index (χ0v) is 14.6. The van der Waals surface area contributed by atoms with E-state index >= 15 is 0 Å². The van der Waals surface area contributed by atoms with Gasteiger partial charge in [0, 0.05) is 5.69 Å². The molecule has 3 N–H and O–H groups in total. The van der Waals surface area contributed by atoms with Gasteiger partial charge in [0.15, 0.2) is 5.82 Å². The average Bonchev–Trinajstić information content (AvgIpc) is 2.61. The van der Waals surface area contributed by atoms with Crippen LogP contribution in [0, 0.1) is 13.8 Å². The van der Waals surface area contributed by atoms with Gasteiger partial charge in [-0.25, -0.2) is 4.98 Å². The lowest BCUT2D eigenvalue weighted by atomic mass is 10.1. The molecule has 3 rings (SSSR count). The number of aryl methyl sites for hydroxylation is 2. The number of hydrogen-bond donors (Lipinski definition) is 2. The number of nitrogens with one attached hydrogen (secondary N) is 1. The van der Waals surface area contributed by atoms with E-state index in [1.807, 2.05) is 26.0 Å². The average molecular weight is 374 g/mol. The quantitative estimate of drug-likeness (QED) is 0.654. The molecule has 0 unspecified atom stereocenters. The van der Waals surface area contributed by atoms with E-state index in [0.717, 1.165) is 23.3 Å². The van der Waals surface area contributed by atoms with Gasteiger partial charge in [-0.3, -0.25) is 0 Å². The fourth-order valence-electron chi connectivity index (χ4n) is 2.33. The van der Waals surface area contributed by atoms with Gasteiger partial charge in [0.05, 0.1) is 5.56 Å². The van der Waals surface area contributed by atoms with Crippen molar-refractivity contribution in [3.63, 3.8) is 0 Å². The topological polar surface area (TPSA) is 73.1 Å². The third kappa shape index (κ3) is 4.28. The summed E-state index contributed by atoms with van der Waals surface area (Å²) in [4.78, 5) is 8.06. The maximum Gasteiger partial charge on any atom is 0.416 e. The van der Waals surface area contributed by atoms with E-state index < -0.39 is 11.7 Å². The number of halogens is 3. The molecule has 0 saturated heterocycles. The molecule has 8 heteroatoms. The van der Waals surface area contributed by atoms with Crippen molar-refractivity contribution in [3.05, 3.63) is 65.5 Å². The molecule has 0 atom stereocenters. The summed E-state index contributed by atoms with van der Waals surface area (Å²) in [6, 6.07) is 10.1. The Morgan fingerprint density at radius 1 is 0.963 bits per heavy atom. The fourth-order valence-corrected chi connectivity index (χ4v) is 2.33. The Bertz CT molecular complexity index is 956. The summed E-state index contributed by atoms with van der Waals surface area (Å²) in [6.45, 7) is 3.95. The number of nitrogen functional groups attached to an aromatic ring is 1. The van der Waals surface area contributed by atoms with Crippen LogP contribution < -0.4 is 15.8 Å². The number of rotatable bonds is 4. The van der Waals surface area contributed by atoms with E-state index in [1.165, 1.54) is 18.5 Å². The fraction of sp³-hybridized carbons (Fsp3) is 0.158. The summed E-state index contributed by atoms with van der Waals surface area (Å²) < 4.78 is 43.7. The predicted molar refractivity (Wildman–Crippen MR) is 97.2 cm³/mol. The molecule has 0 spiro atoms. The Kier molecular flexibility index (Phi) is 4.89. The minimum absolute atomic E-state index is 0.149. The zero-order chi connectivity index (χ0) is 19.6. The Morgan fingerprint density at radius 2 is 1.67 bits per heavy atom. The molecule has 140 valence electrons. The smallest absolute Gasteiger partial charge is 0.416 e. The molecule has 0 fully saturated rings. The maximum absolute atomic E-state index is 12.6. The number of alkyl halides is 3. The van der Waals surface area contributed by atoms with Gasteiger partial charge >= 0.3 is 6.18 Å². The number of ether oxygens (including phenoxy) is 1. The lowest BCUT2D eigenvalue weighted by Crippen LogP contribution is -2.05. The van der Waals surface area contributed by atoms with Crippen LogP contribution in [0.5, 0.6) is 11.6 Å². The first-order valence-electron chi connectivity index (χ1n) is 8.04. The van der Waals surface area contributed by atoms with Gasteiger partial charge in [0.25, 0.3) is 0 Å². The van der Waals surface area contributed by atoms with Crippen LogP contribution in [0.15, 0.2) is 48.8 Å². The molecule has 0 aliphatic rings. The SMILES string of the molecule is Cc1ccc(Oc2ncnc(Nc3ccc(C(F)(F)F)cc3)c2N)cc1C. The first-order valence-corrected chi connectivity index (χ1v) is 8.04. The van der Waals surface area contributed by atoms with E-state index in [1.54, 1.807) is 6.07 Å². The van der Waals surface area contributed by atoms with Crippen molar-refractivity contribution >= 4 is 17.2 Å². The maximum atomic E-state index is 12.6. The van der Waals surface area contributed by atoms with Gasteiger partial charge in [0.2, 0.25) is 5.88 Å². The summed E-state index contributed by atoms with van der Waals surface area (Å²) in [6.07, 6.45) is -3.13. The highest BCUT2D eigenvalue weighted by molar-refractivity contribution is 5.72. The van der Waals surface area contributed by atoms with E-state index in [4.69, 9.17) is 10.5 Å². The Balaban J connectivity index is 1.81. The molecule has 2 aromatic carbocycles. The van der Waals surface area contributed by atoms with E-state index in [2.05, 4.69) is 15.3 Å². The van der Waals surface area contributed by atoms with Crippen molar-refractivity contribution in [2.24, 2.45) is 0 Å². The van der Waals surface area contributed by atoms with Crippen LogP contribution in [0.25, 0.3) is 0 Å². The van der Waals surface area contributed by atoms with Gasteiger partial charge in [0.1, 0.15) is 17.8 Å². The molecule has 0 aliphatic carbocycles. The number of hydrogen-bond acceptors (Lipinski definition) is 5. The molecule has 1 heterocycles. The van der Waals surface area contributed by atoms with Gasteiger partial charge in [-0.1, -0.05) is 6.07 Å². The monoisotopic (exact) mass is 374 g/mol. The first kappa shape index (κ1) is 18.5. The number of benzene rings is 2. The lowest BCUT2D eigenvalue weighted by molar-refractivity contribution is -0.137. The van der Waals surface area contributed by atoms with E-state index in [9.17, 15) is 13.2 Å². The normalized spacial score (nSPS) is 11.3. The lowest BCUT2D eigenvalue weighted by Gasteiger charge is -2.13. The third-order valence-corrected chi connectivity index (χ3v) is 4.02. The summed E-state index contributed by atoms with van der Waals surface area (Å²) in [5.41, 5.74) is 8.06. The number of aromatic nitrogens is 2. The molecule has 5 nitrogen and oxygen atoms in total. The van der Waals surface area contributed by atoms with Crippen molar-refractivity contribution < 1.29 is 17.9 Å². The molecule has 3 aromatic rings. The van der Waals surface area contributed by atoms with Crippen molar-refractivity contribution in [1.29, 1.82) is 0 Å². The van der Waals surface area contributed by atoms with Crippen LogP contribution in [-0.2, 0) is 6.18 Å². The highest BCUT2D eigenvalue weighted by atomic mass is 19.4. The standard InChI is InChI=1S/C19H17F3N4O/c1-11-3-8-15(9-12(11)2)27-18-16(23)17(24-10-25-18)26-14-6-4-13(5-7-14)19(20,21)22/h3-10H,23H2,1-2H3,(H,24,25,26). The molecule has 0 saturated carbocycles. The molecule has 1 aromatic heterocycles. The largest absolute Gasteiger partial charge is 0.437 e. The minimum atomic E-state index is -4.39. The number of anilines is 3. The third-order valence-electron chi connectivity index (χ3n) is 4.02. The summed E-state index contributed by atoms with van der Waals surface area (Å²) in [5, 5.41) is 2.87. The van der Waals surface area contributed by atoms with E-state index in [-0.39, 0.29) is 17.4 Å². The minimum Gasteiger partial charge on any atom is -0.437 e. The van der Waals surface area contributed by atoms with Crippen LogP contribution >= 0.6 is 0 Å². The molecular formula is C19H17F3N4O. The second-order valence-electron chi connectivity index (χ2n) is 5.99. The second kappa shape index (κ2) is 7.14. The van der Waals surface area contributed by atoms with Crippen molar-refractivity contribution in [2.45, 2.75) is 20.0 Å². The molecular weight excluding hydrogens is 357 g/mol. The molecule has 0 amide bonds. The van der Waals surface area contributed by atoms with Gasteiger partial charge < -0.3 is 15.8 Å². The highest BCUT2D eigenvalue weighted by Crippen LogP contribution is 2.33. The van der Waals surface area contributed by atoms with Gasteiger partial charge in [-0.05, 0) is 61.4 Å². The van der Waals surface area contributed by atoms with Crippen LogP contribution in [-0.4, -0.2) is 9.97 Å². The van der Waals surface area contributed by atoms with Gasteiger partial charge in [-0.2, -0.15) is 18.2 Å². The summed E-state index contributed by atoms with van der Waals surface area (Å²) in [5.74, 6) is 0.968. The van der Waals surface area contributed by atoms with Gasteiger partial charge in [-0.15, -0.1) is 0 Å². The van der Waals surface area contributed by atoms with Crippen molar-refractivity contribution in [1.82, 2.24) is 9.97 Å². The molecule has 27 heavy (non-hydrogen) atoms. The highest BCUT2D eigenvalue weighted by Gasteiger charge is 2.30. The number of nitrogens with two attached hydrogens (primary N) is 1. The molecule has 0 aliphatic heterocycles. The second-order valence-corrected chi connectivity index (χ2v) is 5.99. The Morgan fingerprint density at radius 3 is 2.30 bits per heavy atom. The van der Waals surface area contributed by atoms with Crippen LogP contribution in [0.3, 0.4) is 0 Å². The van der Waals surface area contributed by atoms with Crippen LogP contribution in [0.1, 0.15) is 16.7 Å². The number of nitrogens with zero attached hydrogens (tertiary/aromatic N) is 2. The van der Waals surface area contributed by atoms with Crippen LogP contribution in [0.2, 0.25) is 0 Å². The van der Waals surface area contributed by atoms with Crippen LogP contribution in [0.4, 0.5) is 30.4 Å². The van der Waals surface area contributed by atoms with E-state index in [0.29, 0.717) is 11.4 Å². The molecule has 0 radical (unpaired) electrons. The Labute approximate surface area is 154 Å². The summed E-state index contributed by atoms with van der Waals surface area (Å²) >= 11 is 0.